The second-order valence-corrected chi connectivity index (χ2v) is 7.08. The lowest BCUT2D eigenvalue weighted by atomic mass is 10.2. The predicted molar refractivity (Wildman–Crippen MR) is 95.7 cm³/mol. The molecule has 0 spiro atoms. The quantitative estimate of drug-likeness (QED) is 0.827. The fourth-order valence-electron chi connectivity index (χ4n) is 2.79. The van der Waals surface area contributed by atoms with E-state index in [0.717, 1.165) is 38.3 Å². The zero-order valence-corrected chi connectivity index (χ0v) is 14.7. The van der Waals surface area contributed by atoms with E-state index in [4.69, 9.17) is 11.6 Å². The molecule has 0 saturated carbocycles. The molecule has 0 unspecified atom stereocenters. The van der Waals surface area contributed by atoms with Crippen molar-refractivity contribution in [1.82, 2.24) is 4.90 Å². The molecule has 24 heavy (non-hydrogen) atoms. The van der Waals surface area contributed by atoms with Crippen LogP contribution in [0.3, 0.4) is 0 Å². The van der Waals surface area contributed by atoms with Gasteiger partial charge in [0.15, 0.2) is 0 Å². The van der Waals surface area contributed by atoms with E-state index in [9.17, 15) is 9.18 Å². The maximum Gasteiger partial charge on any atom is 0.246 e. The first kappa shape index (κ1) is 17.1. The van der Waals surface area contributed by atoms with Gasteiger partial charge in [0.05, 0.1) is 31.2 Å². The molecule has 1 aromatic carbocycles. The fraction of sp³-hybridized carbons (Fsp3) is 0.278. The van der Waals surface area contributed by atoms with Crippen LogP contribution in [0.4, 0.5) is 4.39 Å². The number of carbonyl (C=O) groups excluding carboxylic acids is 1. The van der Waals surface area contributed by atoms with E-state index in [0.29, 0.717) is 0 Å². The molecule has 1 amide bonds. The largest absolute Gasteiger partial charge is 0.328 e. The summed E-state index contributed by atoms with van der Waals surface area (Å²) in [6, 6.07) is 6.59. The summed E-state index contributed by atoms with van der Waals surface area (Å²) in [6.07, 6.45) is 3.21. The van der Waals surface area contributed by atoms with Gasteiger partial charge in [-0.25, -0.2) is 4.39 Å². The Hall–Kier alpha value is -1.69. The standard InChI is InChI=1S/C18H18ClFN2OS/c19-16-11-14(1-3-17(16)20)2-4-18(23)22-8-6-21(7-9-22)12-15-5-10-24-13-15/h1-5,10-11,13H,6-9,12H2/p+1/b4-2+. The van der Waals surface area contributed by atoms with E-state index < -0.39 is 5.82 Å². The van der Waals surface area contributed by atoms with Crippen LogP contribution in [0, 0.1) is 5.82 Å². The SMILES string of the molecule is O=C(/C=C/c1ccc(F)c(Cl)c1)N1CC[NH+](Cc2ccsc2)CC1. The van der Waals surface area contributed by atoms with Crippen molar-refractivity contribution < 1.29 is 14.1 Å². The van der Waals surface area contributed by atoms with E-state index in [-0.39, 0.29) is 10.9 Å². The van der Waals surface area contributed by atoms with Crippen LogP contribution in [-0.4, -0.2) is 37.0 Å². The lowest BCUT2D eigenvalue weighted by molar-refractivity contribution is -0.917. The Kier molecular flexibility index (Phi) is 5.66. The number of thiophene rings is 1. The minimum Gasteiger partial charge on any atom is -0.328 e. The third kappa shape index (κ3) is 4.44. The summed E-state index contributed by atoms with van der Waals surface area (Å²) < 4.78 is 13.1. The van der Waals surface area contributed by atoms with Crippen LogP contribution in [0.1, 0.15) is 11.1 Å². The van der Waals surface area contributed by atoms with Crippen LogP contribution in [0.15, 0.2) is 41.1 Å². The van der Waals surface area contributed by atoms with Crippen molar-refractivity contribution in [2.75, 3.05) is 26.2 Å². The van der Waals surface area contributed by atoms with Crippen LogP contribution in [0.25, 0.3) is 6.08 Å². The smallest absolute Gasteiger partial charge is 0.246 e. The number of amides is 1. The zero-order valence-electron chi connectivity index (χ0n) is 13.2. The van der Waals surface area contributed by atoms with Crippen LogP contribution in [0.2, 0.25) is 5.02 Å². The minimum absolute atomic E-state index is 0.00923. The van der Waals surface area contributed by atoms with Crippen molar-refractivity contribution in [3.63, 3.8) is 0 Å². The lowest BCUT2D eigenvalue weighted by Gasteiger charge is -2.31. The molecular formula is C18H19ClFN2OS+. The van der Waals surface area contributed by atoms with Crippen LogP contribution >= 0.6 is 22.9 Å². The van der Waals surface area contributed by atoms with E-state index in [2.05, 4.69) is 16.8 Å². The second-order valence-electron chi connectivity index (χ2n) is 5.89. The molecule has 0 bridgehead atoms. The molecule has 1 N–H and O–H groups in total. The molecule has 1 aliphatic rings. The average Bonchev–Trinajstić information content (AvgIpc) is 3.09. The number of nitrogens with one attached hydrogen (secondary N) is 1. The number of rotatable bonds is 4. The first-order chi connectivity index (χ1) is 11.6. The van der Waals surface area contributed by atoms with E-state index >= 15 is 0 Å². The summed E-state index contributed by atoms with van der Waals surface area (Å²) in [6.45, 7) is 4.45. The molecule has 2 heterocycles. The Labute approximate surface area is 150 Å². The van der Waals surface area contributed by atoms with Crippen LogP contribution < -0.4 is 4.90 Å². The Morgan fingerprint density at radius 1 is 1.33 bits per heavy atom. The third-order valence-electron chi connectivity index (χ3n) is 4.18. The monoisotopic (exact) mass is 365 g/mol. The number of piperazine rings is 1. The highest BCUT2D eigenvalue weighted by molar-refractivity contribution is 7.07. The Morgan fingerprint density at radius 2 is 2.12 bits per heavy atom. The van der Waals surface area contributed by atoms with Gasteiger partial charge in [0, 0.05) is 11.6 Å². The van der Waals surface area contributed by atoms with Crippen molar-refractivity contribution in [3.8, 4) is 0 Å². The molecule has 1 aliphatic heterocycles. The summed E-state index contributed by atoms with van der Waals surface area (Å²) >= 11 is 7.47. The Balaban J connectivity index is 1.51. The first-order valence-corrected chi connectivity index (χ1v) is 9.20. The van der Waals surface area contributed by atoms with Crippen LogP contribution in [0.5, 0.6) is 0 Å². The van der Waals surface area contributed by atoms with Gasteiger partial charge in [0.2, 0.25) is 5.91 Å². The second kappa shape index (κ2) is 7.92. The van der Waals surface area contributed by atoms with Gasteiger partial charge in [-0.15, -0.1) is 0 Å². The number of benzene rings is 1. The predicted octanol–water partition coefficient (Wildman–Crippen LogP) is 2.48. The van der Waals surface area contributed by atoms with Gasteiger partial charge < -0.3 is 9.80 Å². The number of hydrogen-bond acceptors (Lipinski definition) is 2. The van der Waals surface area contributed by atoms with Crippen molar-refractivity contribution in [2.24, 2.45) is 0 Å². The third-order valence-corrected chi connectivity index (χ3v) is 5.20. The summed E-state index contributed by atoms with van der Waals surface area (Å²) in [5.41, 5.74) is 2.08. The van der Waals surface area contributed by atoms with E-state index in [1.807, 2.05) is 4.90 Å². The Morgan fingerprint density at radius 3 is 2.79 bits per heavy atom. The van der Waals surface area contributed by atoms with Gasteiger partial charge in [-0.05, 0) is 40.6 Å². The topological polar surface area (TPSA) is 24.8 Å². The van der Waals surface area contributed by atoms with Gasteiger partial charge in [0.1, 0.15) is 12.4 Å². The average molecular weight is 366 g/mol. The van der Waals surface area contributed by atoms with Gasteiger partial charge in [-0.1, -0.05) is 17.7 Å². The van der Waals surface area contributed by atoms with E-state index in [1.54, 1.807) is 23.5 Å². The molecular weight excluding hydrogens is 347 g/mol. The molecule has 3 rings (SSSR count). The molecule has 2 aromatic rings. The molecule has 1 aromatic heterocycles. The minimum atomic E-state index is -0.454. The van der Waals surface area contributed by atoms with Gasteiger partial charge in [-0.2, -0.15) is 11.3 Å². The van der Waals surface area contributed by atoms with Crippen molar-refractivity contribution in [1.29, 1.82) is 0 Å². The van der Waals surface area contributed by atoms with Gasteiger partial charge >= 0.3 is 0 Å². The van der Waals surface area contributed by atoms with Gasteiger partial charge in [0.25, 0.3) is 0 Å². The molecule has 1 fully saturated rings. The maximum absolute atomic E-state index is 13.1. The molecule has 0 atom stereocenters. The van der Waals surface area contributed by atoms with Gasteiger partial charge in [-0.3, -0.25) is 4.79 Å². The van der Waals surface area contributed by atoms with E-state index in [1.165, 1.54) is 28.7 Å². The molecule has 0 radical (unpaired) electrons. The lowest BCUT2D eigenvalue weighted by Crippen LogP contribution is -3.13. The number of carbonyl (C=O) groups is 1. The highest BCUT2D eigenvalue weighted by atomic mass is 35.5. The molecule has 1 saturated heterocycles. The van der Waals surface area contributed by atoms with Crippen molar-refractivity contribution in [3.05, 3.63) is 63.1 Å². The van der Waals surface area contributed by atoms with Crippen molar-refractivity contribution >= 4 is 34.9 Å². The number of quaternary nitrogens is 1. The first-order valence-electron chi connectivity index (χ1n) is 7.88. The summed E-state index contributed by atoms with van der Waals surface area (Å²) in [5, 5.41) is 4.34. The van der Waals surface area contributed by atoms with Crippen molar-refractivity contribution in [2.45, 2.75) is 6.54 Å². The maximum atomic E-state index is 13.1. The summed E-state index contributed by atoms with van der Waals surface area (Å²) in [4.78, 5) is 15.6. The molecule has 3 nitrogen and oxygen atoms in total. The number of hydrogen-bond donors (Lipinski definition) is 1. The molecule has 6 heteroatoms. The Bertz CT molecular complexity index is 725. The summed E-state index contributed by atoms with van der Waals surface area (Å²) in [7, 11) is 0. The highest BCUT2D eigenvalue weighted by Gasteiger charge is 2.22. The summed E-state index contributed by atoms with van der Waals surface area (Å²) in [5.74, 6) is -0.463. The zero-order chi connectivity index (χ0) is 16.9. The molecule has 0 aliphatic carbocycles. The number of halogens is 2. The fourth-order valence-corrected chi connectivity index (χ4v) is 3.65. The number of nitrogens with zero attached hydrogens (tertiary/aromatic N) is 1. The molecule has 126 valence electrons. The normalized spacial score (nSPS) is 16.0. The van der Waals surface area contributed by atoms with Crippen LogP contribution in [-0.2, 0) is 11.3 Å². The highest BCUT2D eigenvalue weighted by Crippen LogP contribution is 2.17.